The molecule has 0 amide bonds. The number of anilines is 1. The van der Waals surface area contributed by atoms with Crippen molar-refractivity contribution in [3.8, 4) is 11.4 Å². The molecule has 5 rings (SSSR count). The first kappa shape index (κ1) is 14.3. The predicted octanol–water partition coefficient (Wildman–Crippen LogP) is 3.67. The Bertz CT molecular complexity index is 1100. The Balaban J connectivity index is 1.86. The van der Waals surface area contributed by atoms with Crippen LogP contribution in [0.4, 0.5) is 5.69 Å². The molecule has 0 aliphatic carbocycles. The highest BCUT2D eigenvalue weighted by Crippen LogP contribution is 2.35. The zero-order valence-electron chi connectivity index (χ0n) is 13.7. The number of hydrogen-bond acceptors (Lipinski definition) is 3. The summed E-state index contributed by atoms with van der Waals surface area (Å²) in [4.78, 5) is 26.3. The van der Waals surface area contributed by atoms with Crippen molar-refractivity contribution >= 4 is 27.6 Å². The van der Waals surface area contributed by atoms with Gasteiger partial charge in [-0.05, 0) is 31.0 Å². The molecule has 0 unspecified atom stereocenters. The highest BCUT2D eigenvalue weighted by Gasteiger charge is 2.24. The molecule has 1 aliphatic rings. The van der Waals surface area contributed by atoms with Gasteiger partial charge in [-0.15, -0.1) is 0 Å². The van der Waals surface area contributed by atoms with Crippen LogP contribution in [-0.4, -0.2) is 28.0 Å². The molecule has 0 spiro atoms. The molecule has 0 bridgehead atoms. The first-order valence-corrected chi connectivity index (χ1v) is 8.66. The Labute approximate surface area is 144 Å². The first-order valence-electron chi connectivity index (χ1n) is 8.66. The smallest absolute Gasteiger partial charge is 0.261 e. The van der Waals surface area contributed by atoms with Gasteiger partial charge in [0.15, 0.2) is 0 Å². The number of nitrogens with one attached hydrogen (secondary N) is 2. The maximum atomic E-state index is 12.9. The van der Waals surface area contributed by atoms with Crippen molar-refractivity contribution in [2.24, 2.45) is 0 Å². The number of imidazole rings is 1. The third-order valence-electron chi connectivity index (χ3n) is 4.94. The number of fused-ring (bicyclic) bond motifs is 2. The van der Waals surface area contributed by atoms with E-state index in [4.69, 9.17) is 0 Å². The van der Waals surface area contributed by atoms with Crippen LogP contribution in [0, 0.1) is 0 Å². The van der Waals surface area contributed by atoms with Crippen molar-refractivity contribution in [2.45, 2.75) is 12.8 Å². The third kappa shape index (κ3) is 2.23. The number of aromatic nitrogens is 3. The fourth-order valence-corrected chi connectivity index (χ4v) is 3.79. The number of H-pyrrole nitrogens is 2. The van der Waals surface area contributed by atoms with Crippen LogP contribution < -0.4 is 10.5 Å². The number of hydrogen-bond donors (Lipinski definition) is 2. The lowest BCUT2D eigenvalue weighted by molar-refractivity contribution is 0.949. The van der Waals surface area contributed by atoms with E-state index in [1.165, 1.54) is 0 Å². The highest BCUT2D eigenvalue weighted by atomic mass is 16.1. The van der Waals surface area contributed by atoms with Gasteiger partial charge in [0, 0.05) is 18.5 Å². The van der Waals surface area contributed by atoms with Crippen LogP contribution in [0.25, 0.3) is 33.3 Å². The predicted molar refractivity (Wildman–Crippen MR) is 101 cm³/mol. The van der Waals surface area contributed by atoms with Crippen molar-refractivity contribution in [1.82, 2.24) is 15.0 Å². The Morgan fingerprint density at radius 2 is 1.60 bits per heavy atom. The van der Waals surface area contributed by atoms with Crippen LogP contribution in [0.15, 0.2) is 53.3 Å². The summed E-state index contributed by atoms with van der Waals surface area (Å²) in [5.41, 5.74) is 4.22. The molecule has 0 radical (unpaired) electrons. The van der Waals surface area contributed by atoms with E-state index in [2.05, 4.69) is 25.9 Å². The van der Waals surface area contributed by atoms with Crippen LogP contribution >= 0.6 is 0 Å². The van der Waals surface area contributed by atoms with Gasteiger partial charge in [0.1, 0.15) is 11.4 Å². The van der Waals surface area contributed by atoms with E-state index >= 15 is 0 Å². The summed E-state index contributed by atoms with van der Waals surface area (Å²) < 4.78 is 0. The molecule has 2 N–H and O–H groups in total. The van der Waals surface area contributed by atoms with Crippen LogP contribution in [0.1, 0.15) is 12.8 Å². The van der Waals surface area contributed by atoms with E-state index in [0.29, 0.717) is 11.4 Å². The SMILES string of the molecule is O=c1[nH]c2ccccc2c(N2CCCC2)c1-c1nc2ccccc2[nH]1. The molecule has 0 saturated carbocycles. The van der Waals surface area contributed by atoms with Crippen molar-refractivity contribution in [3.05, 3.63) is 58.9 Å². The zero-order valence-corrected chi connectivity index (χ0v) is 13.7. The van der Waals surface area contributed by atoms with E-state index in [-0.39, 0.29) is 5.56 Å². The van der Waals surface area contributed by atoms with Crippen LogP contribution in [0.2, 0.25) is 0 Å². The molecule has 124 valence electrons. The molecule has 2 aromatic heterocycles. The van der Waals surface area contributed by atoms with Gasteiger partial charge in [-0.3, -0.25) is 4.79 Å². The molecular weight excluding hydrogens is 312 g/mol. The van der Waals surface area contributed by atoms with Gasteiger partial charge in [0.05, 0.1) is 22.2 Å². The third-order valence-corrected chi connectivity index (χ3v) is 4.94. The largest absolute Gasteiger partial charge is 0.370 e. The molecule has 1 fully saturated rings. The van der Waals surface area contributed by atoms with E-state index in [0.717, 1.165) is 53.6 Å². The molecule has 25 heavy (non-hydrogen) atoms. The van der Waals surface area contributed by atoms with Crippen LogP contribution in [0.3, 0.4) is 0 Å². The second kappa shape index (κ2) is 5.48. The van der Waals surface area contributed by atoms with Crippen molar-refractivity contribution in [2.75, 3.05) is 18.0 Å². The Hall–Kier alpha value is -3.08. The van der Waals surface area contributed by atoms with E-state index < -0.39 is 0 Å². The van der Waals surface area contributed by atoms with E-state index in [1.54, 1.807) is 0 Å². The van der Waals surface area contributed by atoms with Crippen molar-refractivity contribution in [1.29, 1.82) is 0 Å². The maximum absolute atomic E-state index is 12.9. The molecular formula is C20H18N4O. The first-order chi connectivity index (χ1) is 12.3. The second-order valence-electron chi connectivity index (χ2n) is 6.52. The topological polar surface area (TPSA) is 64.8 Å². The normalized spacial score (nSPS) is 14.6. The Morgan fingerprint density at radius 1 is 0.880 bits per heavy atom. The minimum absolute atomic E-state index is 0.0975. The number of nitrogens with zero attached hydrogens (tertiary/aromatic N) is 2. The molecule has 4 aromatic rings. The van der Waals surface area contributed by atoms with Gasteiger partial charge in [0.2, 0.25) is 0 Å². The molecule has 0 atom stereocenters. The summed E-state index contributed by atoms with van der Waals surface area (Å²) in [6, 6.07) is 15.9. The fourth-order valence-electron chi connectivity index (χ4n) is 3.79. The van der Waals surface area contributed by atoms with Crippen molar-refractivity contribution in [3.63, 3.8) is 0 Å². The lowest BCUT2D eigenvalue weighted by Crippen LogP contribution is -2.23. The summed E-state index contributed by atoms with van der Waals surface area (Å²) in [6.07, 6.45) is 2.31. The summed E-state index contributed by atoms with van der Waals surface area (Å²) in [5, 5.41) is 1.07. The molecule has 1 aliphatic heterocycles. The quantitative estimate of drug-likeness (QED) is 0.589. The van der Waals surface area contributed by atoms with E-state index in [1.807, 2.05) is 42.5 Å². The number of aromatic amines is 2. The van der Waals surface area contributed by atoms with Gasteiger partial charge in [-0.1, -0.05) is 30.3 Å². The van der Waals surface area contributed by atoms with Gasteiger partial charge in [-0.2, -0.15) is 0 Å². The minimum atomic E-state index is -0.0975. The Morgan fingerprint density at radius 3 is 2.40 bits per heavy atom. The van der Waals surface area contributed by atoms with Crippen LogP contribution in [0.5, 0.6) is 0 Å². The number of para-hydroxylation sites is 3. The average Bonchev–Trinajstić information content (AvgIpc) is 3.29. The van der Waals surface area contributed by atoms with Gasteiger partial charge in [0.25, 0.3) is 5.56 Å². The lowest BCUT2D eigenvalue weighted by Gasteiger charge is -2.22. The molecule has 3 heterocycles. The Kier molecular flexibility index (Phi) is 3.13. The average molecular weight is 330 g/mol. The van der Waals surface area contributed by atoms with Gasteiger partial charge >= 0.3 is 0 Å². The second-order valence-corrected chi connectivity index (χ2v) is 6.52. The zero-order chi connectivity index (χ0) is 16.8. The van der Waals surface area contributed by atoms with Crippen LogP contribution in [-0.2, 0) is 0 Å². The molecule has 5 nitrogen and oxygen atoms in total. The monoisotopic (exact) mass is 330 g/mol. The molecule has 5 heteroatoms. The molecule has 1 saturated heterocycles. The van der Waals surface area contributed by atoms with Crippen molar-refractivity contribution < 1.29 is 0 Å². The summed E-state index contributed by atoms with van der Waals surface area (Å²) in [6.45, 7) is 1.95. The summed E-state index contributed by atoms with van der Waals surface area (Å²) in [5.74, 6) is 0.634. The summed E-state index contributed by atoms with van der Waals surface area (Å²) in [7, 11) is 0. The fraction of sp³-hybridized carbons (Fsp3) is 0.200. The number of benzene rings is 2. The van der Waals surface area contributed by atoms with E-state index in [9.17, 15) is 4.79 Å². The number of rotatable bonds is 2. The maximum Gasteiger partial charge on any atom is 0.261 e. The van der Waals surface area contributed by atoms with Gasteiger partial charge in [-0.25, -0.2) is 4.98 Å². The number of pyridine rings is 1. The lowest BCUT2D eigenvalue weighted by atomic mass is 10.1. The standard InChI is InChI=1S/C20H18N4O/c25-20-17(19-21-15-9-3-4-10-16(15)22-19)18(24-11-5-6-12-24)13-7-1-2-8-14(13)23-20/h1-4,7-10H,5-6,11-12H2,(H,21,22)(H,23,25). The minimum Gasteiger partial charge on any atom is -0.370 e. The highest BCUT2D eigenvalue weighted by molar-refractivity contribution is 5.99. The van der Waals surface area contributed by atoms with Gasteiger partial charge < -0.3 is 14.9 Å². The summed E-state index contributed by atoms with van der Waals surface area (Å²) >= 11 is 0. The molecule has 2 aromatic carbocycles.